The van der Waals surface area contributed by atoms with E-state index >= 15 is 0 Å². The van der Waals surface area contributed by atoms with Crippen LogP contribution in [0.25, 0.3) is 0 Å². The lowest BCUT2D eigenvalue weighted by Gasteiger charge is -2.26. The minimum absolute atomic E-state index is 0.240. The summed E-state index contributed by atoms with van der Waals surface area (Å²) >= 11 is 13.5. The van der Waals surface area contributed by atoms with Gasteiger partial charge in [-0.3, -0.25) is 9.69 Å². The summed E-state index contributed by atoms with van der Waals surface area (Å²) in [5, 5.41) is 0.789. The van der Waals surface area contributed by atoms with Crippen LogP contribution in [0.3, 0.4) is 0 Å². The predicted octanol–water partition coefficient (Wildman–Crippen LogP) is 5.05. The highest BCUT2D eigenvalue weighted by Gasteiger charge is 2.28. The second-order valence-corrected chi connectivity index (χ2v) is 7.47. The molecule has 0 atom stereocenters. The van der Waals surface area contributed by atoms with Crippen molar-refractivity contribution in [1.29, 1.82) is 0 Å². The number of aryl methyl sites for hydroxylation is 1. The third-order valence-corrected chi connectivity index (χ3v) is 4.86. The van der Waals surface area contributed by atoms with Crippen LogP contribution < -0.4 is 10.5 Å². The molecule has 0 unspecified atom stereocenters. The van der Waals surface area contributed by atoms with Gasteiger partial charge in [-0.15, -0.1) is 11.8 Å². The number of thioether (sulfide) groups is 1. The molecule has 0 aliphatic heterocycles. The Kier molecular flexibility index (Phi) is 6.06. The van der Waals surface area contributed by atoms with E-state index in [4.69, 9.17) is 27.7 Å². The molecule has 2 aromatic rings. The highest BCUT2D eigenvalue weighted by molar-refractivity contribution is 7.99. The van der Waals surface area contributed by atoms with Crippen molar-refractivity contribution in [3.8, 4) is 0 Å². The lowest BCUT2D eigenvalue weighted by molar-refractivity contribution is 0.210. The Morgan fingerprint density at radius 3 is 2.58 bits per heavy atom. The molecule has 5 nitrogen and oxygen atoms in total. The van der Waals surface area contributed by atoms with Crippen LogP contribution in [0.2, 0.25) is 10.0 Å². The van der Waals surface area contributed by atoms with Gasteiger partial charge in [0, 0.05) is 11.1 Å². The Labute approximate surface area is 154 Å². The van der Waals surface area contributed by atoms with Crippen molar-refractivity contribution in [3.05, 3.63) is 44.4 Å². The Hall–Kier alpha value is -1.37. The first-order valence-electron chi connectivity index (χ1n) is 7.42. The summed E-state index contributed by atoms with van der Waals surface area (Å²) in [4.78, 5) is 27.2. The van der Waals surface area contributed by atoms with Crippen LogP contribution in [-0.2, 0) is 0 Å². The Balaban J connectivity index is 2.52. The molecule has 0 bridgehead atoms. The van der Waals surface area contributed by atoms with Crippen molar-refractivity contribution in [2.45, 2.75) is 38.6 Å². The Morgan fingerprint density at radius 2 is 2.04 bits per heavy atom. The molecule has 0 fully saturated rings. The van der Waals surface area contributed by atoms with E-state index in [1.54, 1.807) is 25.1 Å². The maximum absolute atomic E-state index is 12.9. The van der Waals surface area contributed by atoms with Crippen LogP contribution in [0, 0.1) is 6.92 Å². The number of aromatic nitrogens is 1. The third-order valence-electron chi connectivity index (χ3n) is 3.28. The van der Waals surface area contributed by atoms with Gasteiger partial charge in [0.05, 0.1) is 10.7 Å². The SMILES string of the molecule is CCSc1c(C)on(C(=O)N(c2ccc(Cl)cc2Cl)C(C)C)c1=O. The van der Waals surface area contributed by atoms with Crippen molar-refractivity contribution < 1.29 is 9.32 Å². The fraction of sp³-hybridized carbons (Fsp3) is 0.375. The molecule has 0 radical (unpaired) electrons. The molecular weight excluding hydrogens is 371 g/mol. The summed E-state index contributed by atoms with van der Waals surface area (Å²) in [6, 6.07) is 4.00. The van der Waals surface area contributed by atoms with E-state index in [-0.39, 0.29) is 6.04 Å². The minimum atomic E-state index is -0.592. The number of anilines is 1. The van der Waals surface area contributed by atoms with Crippen LogP contribution in [0.5, 0.6) is 0 Å². The van der Waals surface area contributed by atoms with Crippen LogP contribution >= 0.6 is 35.0 Å². The molecule has 0 aliphatic carbocycles. The van der Waals surface area contributed by atoms with Crippen molar-refractivity contribution in [3.63, 3.8) is 0 Å². The summed E-state index contributed by atoms with van der Waals surface area (Å²) in [5.74, 6) is 1.13. The van der Waals surface area contributed by atoms with Gasteiger partial charge in [0.1, 0.15) is 10.7 Å². The third kappa shape index (κ3) is 3.66. The quantitative estimate of drug-likeness (QED) is 0.687. The molecule has 24 heavy (non-hydrogen) atoms. The molecule has 1 aromatic carbocycles. The molecule has 0 saturated heterocycles. The van der Waals surface area contributed by atoms with Gasteiger partial charge in [0.25, 0.3) is 0 Å². The van der Waals surface area contributed by atoms with Crippen LogP contribution in [0.15, 0.2) is 32.4 Å². The number of hydrogen-bond donors (Lipinski definition) is 0. The topological polar surface area (TPSA) is 55.5 Å². The van der Waals surface area contributed by atoms with E-state index in [2.05, 4.69) is 0 Å². The summed E-state index contributed by atoms with van der Waals surface area (Å²) in [5.41, 5.74) is 0.00630. The molecule has 1 amide bonds. The molecule has 0 N–H and O–H groups in total. The van der Waals surface area contributed by atoms with Gasteiger partial charge >= 0.3 is 11.6 Å². The van der Waals surface area contributed by atoms with Crippen LogP contribution in [0.1, 0.15) is 26.5 Å². The normalized spacial score (nSPS) is 11.1. The summed E-state index contributed by atoms with van der Waals surface area (Å²) in [6.07, 6.45) is 0. The van der Waals surface area contributed by atoms with Gasteiger partial charge in [-0.05, 0) is 44.7 Å². The zero-order valence-electron chi connectivity index (χ0n) is 13.8. The smallest absolute Gasteiger partial charge is 0.365 e. The number of carbonyl (C=O) groups is 1. The monoisotopic (exact) mass is 388 g/mol. The van der Waals surface area contributed by atoms with E-state index < -0.39 is 11.6 Å². The van der Waals surface area contributed by atoms with Gasteiger partial charge < -0.3 is 4.52 Å². The number of halogens is 2. The molecule has 0 spiro atoms. The highest BCUT2D eigenvalue weighted by atomic mass is 35.5. The summed E-state index contributed by atoms with van der Waals surface area (Å²) in [7, 11) is 0. The average molecular weight is 389 g/mol. The van der Waals surface area contributed by atoms with Crippen LogP contribution in [-0.4, -0.2) is 22.6 Å². The zero-order chi connectivity index (χ0) is 18.0. The Bertz CT molecular complexity index is 814. The summed E-state index contributed by atoms with van der Waals surface area (Å²) in [6.45, 7) is 7.24. The van der Waals surface area contributed by atoms with Crippen molar-refractivity contribution in [2.75, 3.05) is 10.7 Å². The Morgan fingerprint density at radius 1 is 1.38 bits per heavy atom. The molecule has 8 heteroatoms. The zero-order valence-corrected chi connectivity index (χ0v) is 16.1. The van der Waals surface area contributed by atoms with Gasteiger partial charge in [0.15, 0.2) is 0 Å². The second-order valence-electron chi connectivity index (χ2n) is 5.35. The van der Waals surface area contributed by atoms with Gasteiger partial charge in [-0.25, -0.2) is 4.79 Å². The van der Waals surface area contributed by atoms with E-state index in [1.807, 2.05) is 20.8 Å². The minimum Gasteiger partial charge on any atom is -0.371 e. The molecular formula is C16H18Cl2N2O3S. The van der Waals surface area contributed by atoms with E-state index in [9.17, 15) is 9.59 Å². The second kappa shape index (κ2) is 7.68. The van der Waals surface area contributed by atoms with E-state index in [1.165, 1.54) is 16.7 Å². The maximum Gasteiger partial charge on any atom is 0.365 e. The fourth-order valence-corrected chi connectivity index (χ4v) is 3.51. The average Bonchev–Trinajstić information content (AvgIpc) is 2.78. The number of hydrogen-bond acceptors (Lipinski definition) is 4. The van der Waals surface area contributed by atoms with Crippen molar-refractivity contribution in [1.82, 2.24) is 4.74 Å². The first kappa shape index (κ1) is 19.0. The molecule has 0 aliphatic rings. The first-order valence-corrected chi connectivity index (χ1v) is 9.16. The van der Waals surface area contributed by atoms with Gasteiger partial charge in [-0.1, -0.05) is 34.9 Å². The van der Waals surface area contributed by atoms with Crippen molar-refractivity contribution in [2.24, 2.45) is 0 Å². The number of benzene rings is 1. The van der Waals surface area contributed by atoms with Crippen LogP contribution in [0.4, 0.5) is 10.5 Å². The van der Waals surface area contributed by atoms with Crippen molar-refractivity contribution >= 4 is 46.7 Å². The number of carbonyl (C=O) groups excluding carboxylic acids is 1. The largest absolute Gasteiger partial charge is 0.371 e. The predicted molar refractivity (Wildman–Crippen MR) is 99.0 cm³/mol. The van der Waals surface area contributed by atoms with Gasteiger partial charge in [0.2, 0.25) is 0 Å². The summed E-state index contributed by atoms with van der Waals surface area (Å²) < 4.78 is 6.18. The standard InChI is InChI=1S/C16H18Cl2N2O3S/c1-5-24-14-10(4)23-20(15(14)21)16(22)19(9(2)3)13-7-6-11(17)8-12(13)18/h6-9H,5H2,1-4H3. The maximum atomic E-state index is 12.9. The molecule has 1 heterocycles. The number of nitrogens with zero attached hydrogens (tertiary/aromatic N) is 2. The van der Waals surface area contributed by atoms with E-state index in [0.717, 1.165) is 4.74 Å². The number of rotatable bonds is 4. The molecule has 2 rings (SSSR count). The molecule has 1 aromatic heterocycles. The lowest BCUT2D eigenvalue weighted by atomic mass is 10.2. The van der Waals surface area contributed by atoms with E-state index in [0.29, 0.717) is 32.1 Å². The lowest BCUT2D eigenvalue weighted by Crippen LogP contribution is -2.43. The molecule has 130 valence electrons. The van der Waals surface area contributed by atoms with Gasteiger partial charge in [-0.2, -0.15) is 0 Å². The first-order chi connectivity index (χ1) is 11.3. The fourth-order valence-electron chi connectivity index (χ4n) is 2.27. The highest BCUT2D eigenvalue weighted by Crippen LogP contribution is 2.31. The molecule has 0 saturated carbocycles. The number of amides is 1.